The molecule has 0 bridgehead atoms. The number of benzene rings is 1. The van der Waals surface area contributed by atoms with Crippen LogP contribution >= 0.6 is 0 Å². The Hall–Kier alpha value is -1.55. The molecule has 3 N–H and O–H groups in total. The average molecular weight is 304 g/mol. The minimum atomic E-state index is -0.518. The fourth-order valence-electron chi connectivity index (χ4n) is 2.82. The van der Waals surface area contributed by atoms with Crippen LogP contribution in [0.3, 0.4) is 0 Å². The second kappa shape index (κ2) is 5.58. The van der Waals surface area contributed by atoms with Crippen LogP contribution in [0.25, 0.3) is 0 Å². The van der Waals surface area contributed by atoms with Gasteiger partial charge in [-0.3, -0.25) is 0 Å². The Kier molecular flexibility index (Phi) is 4.26. The summed E-state index contributed by atoms with van der Waals surface area (Å²) in [5.41, 5.74) is 6.51. The second-order valence-corrected chi connectivity index (χ2v) is 7.87. The largest absolute Gasteiger partial charge is 0.444 e. The molecule has 1 amide bonds. The van der Waals surface area contributed by atoms with E-state index in [1.165, 1.54) is 0 Å². The van der Waals surface area contributed by atoms with Crippen molar-refractivity contribution < 1.29 is 9.53 Å². The Morgan fingerprint density at radius 2 is 1.73 bits per heavy atom. The van der Waals surface area contributed by atoms with E-state index in [1.54, 1.807) is 0 Å². The number of ether oxygens (including phenoxy) is 1. The maximum absolute atomic E-state index is 12.3. The molecule has 0 heterocycles. The van der Waals surface area contributed by atoms with E-state index in [-0.39, 0.29) is 17.0 Å². The fraction of sp³-hybridized carbons (Fsp3) is 0.611. The lowest BCUT2D eigenvalue weighted by molar-refractivity contribution is 0.0433. The first kappa shape index (κ1) is 16.8. The van der Waals surface area contributed by atoms with Gasteiger partial charge in [-0.1, -0.05) is 44.2 Å². The first-order valence-corrected chi connectivity index (χ1v) is 7.88. The standard InChI is InChI=1S/C18H28N2O2/c1-16(2,3)22-15(21)20-14(13-9-7-6-8-10-13)17(4,5)18(19)11-12-18/h6-10,14H,11-12,19H2,1-5H3,(H,20,21). The van der Waals surface area contributed by atoms with E-state index < -0.39 is 11.7 Å². The second-order valence-electron chi connectivity index (χ2n) is 7.87. The van der Waals surface area contributed by atoms with E-state index in [0.29, 0.717) is 0 Å². The molecule has 1 aliphatic carbocycles. The van der Waals surface area contributed by atoms with Crippen molar-refractivity contribution in [1.82, 2.24) is 5.32 Å². The van der Waals surface area contributed by atoms with Gasteiger partial charge in [-0.2, -0.15) is 0 Å². The van der Waals surface area contributed by atoms with Gasteiger partial charge in [0.2, 0.25) is 0 Å². The molecule has 4 nitrogen and oxygen atoms in total. The van der Waals surface area contributed by atoms with E-state index in [9.17, 15) is 4.79 Å². The molecule has 1 aromatic rings. The summed E-state index contributed by atoms with van der Waals surface area (Å²) in [6.07, 6.45) is 1.57. The minimum Gasteiger partial charge on any atom is -0.444 e. The smallest absolute Gasteiger partial charge is 0.408 e. The van der Waals surface area contributed by atoms with Crippen LogP contribution in [0, 0.1) is 5.41 Å². The third-order valence-corrected chi connectivity index (χ3v) is 4.59. The van der Waals surface area contributed by atoms with Crippen molar-refractivity contribution in [2.75, 3.05) is 0 Å². The third kappa shape index (κ3) is 3.61. The number of nitrogens with one attached hydrogen (secondary N) is 1. The lowest BCUT2D eigenvalue weighted by Crippen LogP contribution is -2.50. The predicted molar refractivity (Wildman–Crippen MR) is 88.5 cm³/mol. The number of carbonyl (C=O) groups is 1. The van der Waals surface area contributed by atoms with Crippen molar-refractivity contribution in [2.24, 2.45) is 11.1 Å². The Morgan fingerprint density at radius 3 is 2.18 bits per heavy atom. The zero-order valence-electron chi connectivity index (χ0n) is 14.3. The lowest BCUT2D eigenvalue weighted by Gasteiger charge is -2.40. The number of hydrogen-bond acceptors (Lipinski definition) is 3. The van der Waals surface area contributed by atoms with Crippen molar-refractivity contribution in [2.45, 2.75) is 64.6 Å². The number of carbonyl (C=O) groups excluding carboxylic acids is 1. The van der Waals surface area contributed by atoms with Gasteiger partial charge >= 0.3 is 6.09 Å². The van der Waals surface area contributed by atoms with Crippen LogP contribution < -0.4 is 11.1 Å². The van der Waals surface area contributed by atoms with Gasteiger partial charge in [0.25, 0.3) is 0 Å². The van der Waals surface area contributed by atoms with E-state index in [1.807, 2.05) is 51.1 Å². The van der Waals surface area contributed by atoms with Crippen LogP contribution in [0.15, 0.2) is 30.3 Å². The summed E-state index contributed by atoms with van der Waals surface area (Å²) < 4.78 is 5.43. The van der Waals surface area contributed by atoms with Gasteiger partial charge in [-0.15, -0.1) is 0 Å². The van der Waals surface area contributed by atoms with Gasteiger partial charge in [0, 0.05) is 11.0 Å². The number of nitrogens with two attached hydrogens (primary N) is 1. The molecule has 122 valence electrons. The quantitative estimate of drug-likeness (QED) is 0.890. The Balaban J connectivity index is 2.25. The highest BCUT2D eigenvalue weighted by Crippen LogP contribution is 2.53. The molecular weight excluding hydrogens is 276 g/mol. The number of rotatable bonds is 4. The maximum Gasteiger partial charge on any atom is 0.408 e. The SMILES string of the molecule is CC(C)(C)OC(=O)NC(c1ccccc1)C(C)(C)C1(N)CC1. The van der Waals surface area contributed by atoms with Crippen LogP contribution in [0.5, 0.6) is 0 Å². The van der Waals surface area contributed by atoms with Crippen LogP contribution in [0.2, 0.25) is 0 Å². The highest BCUT2D eigenvalue weighted by atomic mass is 16.6. The van der Waals surface area contributed by atoms with Crippen molar-refractivity contribution in [3.63, 3.8) is 0 Å². The van der Waals surface area contributed by atoms with Crippen LogP contribution in [0.4, 0.5) is 4.79 Å². The number of alkyl carbamates (subject to hydrolysis) is 1. The molecule has 2 rings (SSSR count). The normalized spacial score (nSPS) is 18.5. The number of hydrogen-bond donors (Lipinski definition) is 2. The Morgan fingerprint density at radius 1 is 1.18 bits per heavy atom. The highest BCUT2D eigenvalue weighted by Gasteiger charge is 2.55. The molecule has 1 fully saturated rings. The summed E-state index contributed by atoms with van der Waals surface area (Å²) >= 11 is 0. The first-order chi connectivity index (χ1) is 10.1. The average Bonchev–Trinajstić information content (AvgIpc) is 3.15. The summed E-state index contributed by atoms with van der Waals surface area (Å²) in [5, 5.41) is 3.04. The molecule has 1 saturated carbocycles. The summed E-state index contributed by atoms with van der Waals surface area (Å²) in [6.45, 7) is 9.83. The van der Waals surface area contributed by atoms with Gasteiger partial charge in [0.15, 0.2) is 0 Å². The number of amides is 1. The summed E-state index contributed by atoms with van der Waals surface area (Å²) in [7, 11) is 0. The molecule has 1 aromatic carbocycles. The molecule has 1 aliphatic rings. The maximum atomic E-state index is 12.3. The monoisotopic (exact) mass is 304 g/mol. The lowest BCUT2D eigenvalue weighted by atomic mass is 9.73. The van der Waals surface area contributed by atoms with Gasteiger partial charge < -0.3 is 15.8 Å². The van der Waals surface area contributed by atoms with Gasteiger partial charge in [0.05, 0.1) is 6.04 Å². The zero-order chi connectivity index (χ0) is 16.6. The first-order valence-electron chi connectivity index (χ1n) is 7.88. The molecule has 4 heteroatoms. The third-order valence-electron chi connectivity index (χ3n) is 4.59. The summed E-state index contributed by atoms with van der Waals surface area (Å²) in [5.74, 6) is 0. The van der Waals surface area contributed by atoms with Crippen molar-refractivity contribution in [1.29, 1.82) is 0 Å². The molecule has 0 aliphatic heterocycles. The van der Waals surface area contributed by atoms with Gasteiger partial charge in [0.1, 0.15) is 5.60 Å². The summed E-state index contributed by atoms with van der Waals surface area (Å²) in [4.78, 5) is 12.3. The summed E-state index contributed by atoms with van der Waals surface area (Å²) in [6, 6.07) is 9.79. The molecule has 0 radical (unpaired) electrons. The minimum absolute atomic E-state index is 0.184. The topological polar surface area (TPSA) is 64.3 Å². The highest BCUT2D eigenvalue weighted by molar-refractivity contribution is 5.68. The fourth-order valence-corrected chi connectivity index (χ4v) is 2.82. The van der Waals surface area contributed by atoms with Crippen LogP contribution in [-0.2, 0) is 4.74 Å². The molecule has 0 spiro atoms. The predicted octanol–water partition coefficient (Wildman–Crippen LogP) is 3.77. The van der Waals surface area contributed by atoms with E-state index in [4.69, 9.17) is 10.5 Å². The van der Waals surface area contributed by atoms with Gasteiger partial charge in [-0.05, 0) is 39.2 Å². The van der Waals surface area contributed by atoms with Gasteiger partial charge in [-0.25, -0.2) is 4.79 Å². The zero-order valence-corrected chi connectivity index (χ0v) is 14.3. The molecule has 1 atom stereocenters. The van der Waals surface area contributed by atoms with E-state index >= 15 is 0 Å². The van der Waals surface area contributed by atoms with Crippen molar-refractivity contribution >= 4 is 6.09 Å². The van der Waals surface area contributed by atoms with Crippen LogP contribution in [0.1, 0.15) is 59.1 Å². The van der Waals surface area contributed by atoms with Crippen molar-refractivity contribution in [3.05, 3.63) is 35.9 Å². The Bertz CT molecular complexity index is 528. The van der Waals surface area contributed by atoms with E-state index in [2.05, 4.69) is 19.2 Å². The molecule has 0 saturated heterocycles. The molecule has 0 aromatic heterocycles. The molecule has 1 unspecified atom stereocenters. The Labute approximate surface area is 133 Å². The van der Waals surface area contributed by atoms with Crippen LogP contribution in [-0.4, -0.2) is 17.2 Å². The molecule has 22 heavy (non-hydrogen) atoms. The van der Waals surface area contributed by atoms with Crippen molar-refractivity contribution in [3.8, 4) is 0 Å². The molecular formula is C18H28N2O2. The van der Waals surface area contributed by atoms with E-state index in [0.717, 1.165) is 18.4 Å².